The summed E-state index contributed by atoms with van der Waals surface area (Å²) in [4.78, 5) is 20.2. The molecule has 0 saturated heterocycles. The van der Waals surface area contributed by atoms with Gasteiger partial charge in [-0.15, -0.1) is 0 Å². The standard InChI is InChI=1S/C23H25N5O5S2/c1-3-4-13-33-18-9-5-16(6-10-18)22(29)27-23(34)26-17-7-11-19(12-8-17)35(30,31)28-20-14-21(32-2)25-15-24-20/h5-12,14-15H,3-4,13H2,1-2H3,(H,24,25,28)(H2,26,27,29,34). The number of nitrogens with zero attached hydrogens (tertiary/aromatic N) is 2. The highest BCUT2D eigenvalue weighted by Crippen LogP contribution is 2.19. The normalized spacial score (nSPS) is 10.8. The molecular formula is C23H25N5O5S2. The summed E-state index contributed by atoms with van der Waals surface area (Å²) < 4.78 is 38.1. The highest BCUT2D eigenvalue weighted by atomic mass is 32.2. The Morgan fingerprint density at radius 1 is 1.06 bits per heavy atom. The molecule has 35 heavy (non-hydrogen) atoms. The van der Waals surface area contributed by atoms with E-state index in [1.165, 1.54) is 43.8 Å². The fourth-order valence-corrected chi connectivity index (χ4v) is 4.01. The first kappa shape index (κ1) is 25.8. The Morgan fingerprint density at radius 3 is 2.43 bits per heavy atom. The lowest BCUT2D eigenvalue weighted by atomic mass is 10.2. The molecule has 184 valence electrons. The summed E-state index contributed by atoms with van der Waals surface area (Å²) in [6, 6.07) is 14.0. The minimum Gasteiger partial charge on any atom is -0.494 e. The first-order valence-corrected chi connectivity index (χ1v) is 12.5. The highest BCUT2D eigenvalue weighted by Gasteiger charge is 2.16. The summed E-state index contributed by atoms with van der Waals surface area (Å²) >= 11 is 5.20. The van der Waals surface area contributed by atoms with E-state index in [0.717, 1.165) is 12.8 Å². The lowest BCUT2D eigenvalue weighted by Gasteiger charge is -2.11. The summed E-state index contributed by atoms with van der Waals surface area (Å²) in [5.74, 6) is 0.609. The van der Waals surface area contributed by atoms with Crippen LogP contribution in [0.1, 0.15) is 30.1 Å². The van der Waals surface area contributed by atoms with E-state index in [1.807, 2.05) is 0 Å². The van der Waals surface area contributed by atoms with Crippen molar-refractivity contribution in [2.75, 3.05) is 23.8 Å². The number of nitrogens with one attached hydrogen (secondary N) is 3. The second-order valence-corrected chi connectivity index (χ2v) is 9.30. The van der Waals surface area contributed by atoms with Gasteiger partial charge in [-0.05, 0) is 67.2 Å². The average molecular weight is 516 g/mol. The molecule has 0 aliphatic carbocycles. The number of thiocarbonyl (C=S) groups is 1. The van der Waals surface area contributed by atoms with Crippen LogP contribution in [-0.4, -0.2) is 43.1 Å². The number of carbonyl (C=O) groups excluding carboxylic acids is 1. The molecule has 0 unspecified atom stereocenters. The van der Waals surface area contributed by atoms with Gasteiger partial charge in [0.1, 0.15) is 17.9 Å². The van der Waals surface area contributed by atoms with Gasteiger partial charge in [0.2, 0.25) is 5.88 Å². The quantitative estimate of drug-likeness (QED) is 0.274. The van der Waals surface area contributed by atoms with E-state index in [-0.39, 0.29) is 27.6 Å². The van der Waals surface area contributed by atoms with Crippen molar-refractivity contribution in [3.8, 4) is 11.6 Å². The summed E-state index contributed by atoms with van der Waals surface area (Å²) in [6.07, 6.45) is 3.19. The number of methoxy groups -OCH3 is 1. The Bertz CT molecular complexity index is 1270. The van der Waals surface area contributed by atoms with Gasteiger partial charge in [0, 0.05) is 17.3 Å². The number of hydrogen-bond acceptors (Lipinski definition) is 8. The largest absolute Gasteiger partial charge is 0.494 e. The topological polar surface area (TPSA) is 132 Å². The monoisotopic (exact) mass is 515 g/mol. The number of rotatable bonds is 10. The van der Waals surface area contributed by atoms with Gasteiger partial charge in [0.25, 0.3) is 15.9 Å². The van der Waals surface area contributed by atoms with Crippen LogP contribution in [0.5, 0.6) is 11.6 Å². The first-order chi connectivity index (χ1) is 16.8. The minimum absolute atomic E-state index is 0.0110. The Hall–Kier alpha value is -3.77. The van der Waals surface area contributed by atoms with Crippen LogP contribution in [0, 0.1) is 0 Å². The van der Waals surface area contributed by atoms with Crippen LogP contribution in [0.3, 0.4) is 0 Å². The summed E-state index contributed by atoms with van der Waals surface area (Å²) in [5.41, 5.74) is 0.920. The predicted molar refractivity (Wildman–Crippen MR) is 136 cm³/mol. The zero-order valence-electron chi connectivity index (χ0n) is 19.1. The van der Waals surface area contributed by atoms with E-state index in [2.05, 4.69) is 32.2 Å². The van der Waals surface area contributed by atoms with E-state index in [4.69, 9.17) is 21.7 Å². The van der Waals surface area contributed by atoms with Gasteiger partial charge in [0.05, 0.1) is 18.6 Å². The average Bonchev–Trinajstić information content (AvgIpc) is 2.84. The molecular weight excluding hydrogens is 490 g/mol. The van der Waals surface area contributed by atoms with Gasteiger partial charge in [-0.3, -0.25) is 14.8 Å². The minimum atomic E-state index is -3.89. The number of aromatic nitrogens is 2. The Labute approximate surface area is 209 Å². The molecule has 10 nitrogen and oxygen atoms in total. The summed E-state index contributed by atoms with van der Waals surface area (Å²) in [6.45, 7) is 2.71. The zero-order valence-corrected chi connectivity index (χ0v) is 20.8. The number of sulfonamides is 1. The van der Waals surface area contributed by atoms with E-state index in [1.54, 1.807) is 24.3 Å². The molecule has 0 atom stereocenters. The maximum absolute atomic E-state index is 12.6. The van der Waals surface area contributed by atoms with E-state index in [9.17, 15) is 13.2 Å². The van der Waals surface area contributed by atoms with E-state index in [0.29, 0.717) is 23.6 Å². The maximum Gasteiger partial charge on any atom is 0.263 e. The van der Waals surface area contributed by atoms with Gasteiger partial charge >= 0.3 is 0 Å². The Kier molecular flexibility index (Phi) is 8.92. The Morgan fingerprint density at radius 2 is 1.77 bits per heavy atom. The molecule has 0 fully saturated rings. The first-order valence-electron chi connectivity index (χ1n) is 10.6. The van der Waals surface area contributed by atoms with Crippen molar-refractivity contribution in [2.24, 2.45) is 0 Å². The maximum atomic E-state index is 12.6. The number of unbranched alkanes of at least 4 members (excludes halogenated alkanes) is 1. The van der Waals surface area contributed by atoms with Crippen LogP contribution in [0.25, 0.3) is 0 Å². The van der Waals surface area contributed by atoms with Crippen molar-refractivity contribution in [3.63, 3.8) is 0 Å². The number of anilines is 2. The van der Waals surface area contributed by atoms with Crippen LogP contribution in [-0.2, 0) is 10.0 Å². The molecule has 0 radical (unpaired) electrons. The van der Waals surface area contributed by atoms with Crippen LogP contribution in [0.4, 0.5) is 11.5 Å². The molecule has 1 heterocycles. The number of hydrogen-bond donors (Lipinski definition) is 3. The number of carbonyl (C=O) groups is 1. The van der Waals surface area contributed by atoms with E-state index >= 15 is 0 Å². The Balaban J connectivity index is 1.56. The smallest absolute Gasteiger partial charge is 0.263 e. The number of benzene rings is 2. The molecule has 1 aromatic heterocycles. The van der Waals surface area contributed by atoms with Crippen molar-refractivity contribution in [1.29, 1.82) is 0 Å². The van der Waals surface area contributed by atoms with Crippen molar-refractivity contribution < 1.29 is 22.7 Å². The van der Waals surface area contributed by atoms with Gasteiger partial charge in [-0.25, -0.2) is 18.4 Å². The van der Waals surface area contributed by atoms with Crippen molar-refractivity contribution in [1.82, 2.24) is 15.3 Å². The van der Waals surface area contributed by atoms with Gasteiger partial charge in [0.15, 0.2) is 5.11 Å². The molecule has 12 heteroatoms. The fraction of sp³-hybridized carbons (Fsp3) is 0.217. The molecule has 3 N–H and O–H groups in total. The second kappa shape index (κ2) is 12.1. The van der Waals surface area contributed by atoms with Crippen LogP contribution >= 0.6 is 12.2 Å². The molecule has 0 aliphatic rings. The molecule has 3 rings (SSSR count). The fourth-order valence-electron chi connectivity index (χ4n) is 2.80. The molecule has 3 aromatic rings. The molecule has 2 aromatic carbocycles. The van der Waals surface area contributed by atoms with Gasteiger partial charge in [-0.2, -0.15) is 0 Å². The second-order valence-electron chi connectivity index (χ2n) is 7.21. The van der Waals surface area contributed by atoms with Gasteiger partial charge < -0.3 is 14.8 Å². The van der Waals surface area contributed by atoms with Crippen LogP contribution in [0.2, 0.25) is 0 Å². The predicted octanol–water partition coefficient (Wildman–Crippen LogP) is 3.59. The molecule has 1 amide bonds. The third-order valence-electron chi connectivity index (χ3n) is 4.62. The summed E-state index contributed by atoms with van der Waals surface area (Å²) in [7, 11) is -2.47. The van der Waals surface area contributed by atoms with Crippen molar-refractivity contribution in [2.45, 2.75) is 24.7 Å². The molecule has 0 aliphatic heterocycles. The van der Waals surface area contributed by atoms with Gasteiger partial charge in [-0.1, -0.05) is 13.3 Å². The van der Waals surface area contributed by atoms with Crippen LogP contribution in [0.15, 0.2) is 65.8 Å². The van der Waals surface area contributed by atoms with Crippen molar-refractivity contribution >= 4 is 44.8 Å². The van der Waals surface area contributed by atoms with E-state index < -0.39 is 10.0 Å². The SMILES string of the molecule is CCCCOc1ccc(C(=O)NC(=S)Nc2ccc(S(=O)(=O)Nc3cc(OC)ncn3)cc2)cc1. The lowest BCUT2D eigenvalue weighted by Crippen LogP contribution is -2.34. The molecule has 0 spiro atoms. The number of amides is 1. The summed E-state index contributed by atoms with van der Waals surface area (Å²) in [5, 5.41) is 5.51. The lowest BCUT2D eigenvalue weighted by molar-refractivity contribution is 0.0977. The van der Waals surface area contributed by atoms with Crippen LogP contribution < -0.4 is 24.8 Å². The third kappa shape index (κ3) is 7.62. The highest BCUT2D eigenvalue weighted by molar-refractivity contribution is 7.92. The third-order valence-corrected chi connectivity index (χ3v) is 6.20. The molecule has 0 saturated carbocycles. The number of ether oxygens (including phenoxy) is 2. The zero-order chi connectivity index (χ0) is 25.3. The molecule has 0 bridgehead atoms. The van der Waals surface area contributed by atoms with Crippen molar-refractivity contribution in [3.05, 3.63) is 66.5 Å².